The maximum Gasteiger partial charge on any atom is 0.272 e. The Morgan fingerprint density at radius 3 is 2.95 bits per heavy atom. The molecule has 0 bridgehead atoms. The molecular formula is C13H16FNO4. The van der Waals surface area contributed by atoms with E-state index in [2.05, 4.69) is 0 Å². The van der Waals surface area contributed by atoms with Crippen molar-refractivity contribution in [3.8, 4) is 0 Å². The van der Waals surface area contributed by atoms with Crippen molar-refractivity contribution in [3.05, 3.63) is 39.2 Å². The molecule has 1 atom stereocenters. The molecule has 1 aliphatic rings. The van der Waals surface area contributed by atoms with E-state index < -0.39 is 10.7 Å². The predicted molar refractivity (Wildman–Crippen MR) is 66.2 cm³/mol. The van der Waals surface area contributed by atoms with Crippen LogP contribution in [0.25, 0.3) is 0 Å². The number of hydrogen-bond acceptors (Lipinski definition) is 4. The minimum Gasteiger partial charge on any atom is -0.353 e. The van der Waals surface area contributed by atoms with E-state index in [1.807, 2.05) is 0 Å². The first-order valence-corrected chi connectivity index (χ1v) is 6.24. The van der Waals surface area contributed by atoms with Gasteiger partial charge in [0.1, 0.15) is 5.82 Å². The normalized spacial score (nSPS) is 19.4. The highest BCUT2D eigenvalue weighted by Crippen LogP contribution is 2.24. The smallest absolute Gasteiger partial charge is 0.272 e. The standard InChI is InChI=1S/C13H16FNO4/c1-9-6-11(14)10(7-12(9)15(16)17)8-19-13-4-2-3-5-18-13/h6-7,13H,2-5,8H2,1H3. The zero-order valence-corrected chi connectivity index (χ0v) is 10.7. The van der Waals surface area contributed by atoms with E-state index in [0.717, 1.165) is 19.3 Å². The maximum absolute atomic E-state index is 13.7. The molecule has 1 fully saturated rings. The molecular weight excluding hydrogens is 253 g/mol. The Morgan fingerprint density at radius 1 is 1.53 bits per heavy atom. The molecule has 1 heterocycles. The Labute approximate surface area is 110 Å². The number of aryl methyl sites for hydroxylation is 1. The Hall–Kier alpha value is -1.53. The summed E-state index contributed by atoms with van der Waals surface area (Å²) in [5.41, 5.74) is 0.399. The second-order valence-electron chi connectivity index (χ2n) is 4.59. The highest BCUT2D eigenvalue weighted by atomic mass is 19.1. The molecule has 5 nitrogen and oxygen atoms in total. The number of nitro benzene ring substituents is 1. The molecule has 1 aliphatic heterocycles. The number of rotatable bonds is 4. The topological polar surface area (TPSA) is 61.6 Å². The van der Waals surface area contributed by atoms with Crippen LogP contribution in [0.2, 0.25) is 0 Å². The van der Waals surface area contributed by atoms with Crippen LogP contribution < -0.4 is 0 Å². The molecule has 1 saturated heterocycles. The summed E-state index contributed by atoms with van der Waals surface area (Å²) in [6.07, 6.45) is 2.45. The van der Waals surface area contributed by atoms with E-state index in [1.165, 1.54) is 19.1 Å². The molecule has 104 valence electrons. The molecule has 0 radical (unpaired) electrons. The van der Waals surface area contributed by atoms with Crippen LogP contribution in [-0.4, -0.2) is 17.8 Å². The van der Waals surface area contributed by atoms with Crippen molar-refractivity contribution < 1.29 is 18.8 Å². The van der Waals surface area contributed by atoms with E-state index in [-0.39, 0.29) is 24.1 Å². The van der Waals surface area contributed by atoms with Crippen molar-refractivity contribution in [2.75, 3.05) is 6.61 Å². The van der Waals surface area contributed by atoms with Crippen LogP contribution in [0.4, 0.5) is 10.1 Å². The molecule has 0 saturated carbocycles. The first-order valence-electron chi connectivity index (χ1n) is 6.24. The molecule has 0 aliphatic carbocycles. The lowest BCUT2D eigenvalue weighted by Crippen LogP contribution is -2.22. The lowest BCUT2D eigenvalue weighted by atomic mass is 10.1. The first-order chi connectivity index (χ1) is 9.08. The van der Waals surface area contributed by atoms with Crippen LogP contribution in [-0.2, 0) is 16.1 Å². The van der Waals surface area contributed by atoms with Crippen molar-refractivity contribution >= 4 is 5.69 Å². The number of halogens is 1. The van der Waals surface area contributed by atoms with Gasteiger partial charge in [0.25, 0.3) is 5.69 Å². The fourth-order valence-electron chi connectivity index (χ4n) is 2.04. The van der Waals surface area contributed by atoms with Gasteiger partial charge in [-0.1, -0.05) is 0 Å². The minimum atomic E-state index is -0.518. The van der Waals surface area contributed by atoms with Gasteiger partial charge in [-0.3, -0.25) is 10.1 Å². The van der Waals surface area contributed by atoms with Gasteiger partial charge in [-0.2, -0.15) is 0 Å². The Morgan fingerprint density at radius 2 is 2.32 bits per heavy atom. The van der Waals surface area contributed by atoms with Crippen molar-refractivity contribution in [3.63, 3.8) is 0 Å². The largest absolute Gasteiger partial charge is 0.353 e. The molecule has 19 heavy (non-hydrogen) atoms. The summed E-state index contributed by atoms with van der Waals surface area (Å²) >= 11 is 0. The summed E-state index contributed by atoms with van der Waals surface area (Å²) in [7, 11) is 0. The van der Waals surface area contributed by atoms with E-state index in [1.54, 1.807) is 0 Å². The highest BCUT2D eigenvalue weighted by Gasteiger charge is 2.18. The average molecular weight is 269 g/mol. The summed E-state index contributed by atoms with van der Waals surface area (Å²) < 4.78 is 24.5. The molecule has 1 aromatic carbocycles. The number of benzene rings is 1. The third kappa shape index (κ3) is 3.48. The van der Waals surface area contributed by atoms with Crippen LogP contribution in [0.1, 0.15) is 30.4 Å². The summed E-state index contributed by atoms with van der Waals surface area (Å²) in [6.45, 7) is 2.13. The van der Waals surface area contributed by atoms with Crippen molar-refractivity contribution in [1.82, 2.24) is 0 Å². The molecule has 6 heteroatoms. The molecule has 1 unspecified atom stereocenters. The zero-order chi connectivity index (χ0) is 13.8. The number of nitro groups is 1. The van der Waals surface area contributed by atoms with E-state index in [0.29, 0.717) is 12.2 Å². The maximum atomic E-state index is 13.7. The van der Waals surface area contributed by atoms with E-state index >= 15 is 0 Å². The van der Waals surface area contributed by atoms with Crippen LogP contribution in [0.15, 0.2) is 12.1 Å². The number of hydrogen-bond donors (Lipinski definition) is 0. The number of ether oxygens (including phenoxy) is 2. The van der Waals surface area contributed by atoms with E-state index in [9.17, 15) is 14.5 Å². The Kier molecular flexibility index (Phi) is 4.44. The molecule has 0 aromatic heterocycles. The third-order valence-corrected chi connectivity index (χ3v) is 3.12. The van der Waals surface area contributed by atoms with Gasteiger partial charge in [-0.15, -0.1) is 0 Å². The lowest BCUT2D eigenvalue weighted by molar-refractivity contribution is -0.385. The predicted octanol–water partition coefficient (Wildman–Crippen LogP) is 3.09. The van der Waals surface area contributed by atoms with Crippen LogP contribution in [0.3, 0.4) is 0 Å². The van der Waals surface area contributed by atoms with Gasteiger partial charge in [-0.25, -0.2) is 4.39 Å². The summed E-state index contributed by atoms with van der Waals surface area (Å²) in [5.74, 6) is -0.487. The average Bonchev–Trinajstić information content (AvgIpc) is 2.38. The Bertz CT molecular complexity index is 472. The van der Waals surface area contributed by atoms with Crippen molar-refractivity contribution in [2.45, 2.75) is 39.1 Å². The highest BCUT2D eigenvalue weighted by molar-refractivity contribution is 5.43. The molecule has 0 amide bonds. The summed E-state index contributed by atoms with van der Waals surface area (Å²) in [4.78, 5) is 10.3. The van der Waals surface area contributed by atoms with Gasteiger partial charge in [0.15, 0.2) is 6.29 Å². The van der Waals surface area contributed by atoms with Crippen LogP contribution in [0, 0.1) is 22.9 Å². The van der Waals surface area contributed by atoms with Gasteiger partial charge >= 0.3 is 0 Å². The van der Waals surface area contributed by atoms with Gasteiger partial charge in [0.2, 0.25) is 0 Å². The number of nitrogens with zero attached hydrogens (tertiary/aromatic N) is 1. The second kappa shape index (κ2) is 6.08. The quantitative estimate of drug-likeness (QED) is 0.622. The molecule has 0 spiro atoms. The minimum absolute atomic E-state index is 0.0162. The van der Waals surface area contributed by atoms with Crippen LogP contribution in [0.5, 0.6) is 0 Å². The summed E-state index contributed by atoms with van der Waals surface area (Å²) in [6, 6.07) is 2.39. The molecule has 0 N–H and O–H groups in total. The first kappa shape index (κ1) is 13.9. The summed E-state index contributed by atoms with van der Waals surface area (Å²) in [5, 5.41) is 10.8. The van der Waals surface area contributed by atoms with Crippen molar-refractivity contribution in [2.24, 2.45) is 0 Å². The fraction of sp³-hybridized carbons (Fsp3) is 0.538. The second-order valence-corrected chi connectivity index (χ2v) is 4.59. The van der Waals surface area contributed by atoms with Gasteiger partial charge in [0, 0.05) is 23.8 Å². The zero-order valence-electron chi connectivity index (χ0n) is 10.7. The van der Waals surface area contributed by atoms with Crippen molar-refractivity contribution in [1.29, 1.82) is 0 Å². The molecule has 2 rings (SSSR count). The fourth-order valence-corrected chi connectivity index (χ4v) is 2.04. The SMILES string of the molecule is Cc1cc(F)c(COC2CCCCO2)cc1[N+](=O)[O-]. The van der Waals surface area contributed by atoms with Crippen LogP contribution >= 0.6 is 0 Å². The molecule has 1 aromatic rings. The Balaban J connectivity index is 2.06. The third-order valence-electron chi connectivity index (χ3n) is 3.12. The monoisotopic (exact) mass is 269 g/mol. The van der Waals surface area contributed by atoms with Gasteiger partial charge in [0.05, 0.1) is 11.5 Å². The van der Waals surface area contributed by atoms with Gasteiger partial charge < -0.3 is 9.47 Å². The lowest BCUT2D eigenvalue weighted by Gasteiger charge is -2.22. The van der Waals surface area contributed by atoms with Gasteiger partial charge in [-0.05, 0) is 32.3 Å². The van der Waals surface area contributed by atoms with E-state index in [4.69, 9.17) is 9.47 Å².